The topological polar surface area (TPSA) is 114 Å². The average molecular weight is 440 g/mol. The van der Waals surface area contributed by atoms with E-state index in [4.69, 9.17) is 9.68 Å². The minimum Gasteiger partial charge on any atom is -0.438 e. The van der Waals surface area contributed by atoms with E-state index >= 15 is 0 Å². The van der Waals surface area contributed by atoms with E-state index < -0.39 is 0 Å². The summed E-state index contributed by atoms with van der Waals surface area (Å²) in [5, 5.41) is 23.9. The smallest absolute Gasteiger partial charge is 0.230 e. The van der Waals surface area contributed by atoms with Gasteiger partial charge in [-0.25, -0.2) is 14.4 Å². The van der Waals surface area contributed by atoms with E-state index in [0.29, 0.717) is 63.6 Å². The Bertz CT molecular complexity index is 1480. The zero-order valence-electron chi connectivity index (χ0n) is 17.3. The molecule has 0 saturated heterocycles. The van der Waals surface area contributed by atoms with Crippen molar-refractivity contribution in [1.29, 1.82) is 5.26 Å². The molecular weight excluding hydrogens is 423 g/mol. The molecule has 162 valence electrons. The molecule has 5 aromatic rings. The Kier molecular flexibility index (Phi) is 5.34. The third-order valence-electron chi connectivity index (χ3n) is 5.22. The number of nitriles is 1. The van der Waals surface area contributed by atoms with Gasteiger partial charge in [0.25, 0.3) is 0 Å². The number of halogens is 1. The normalized spacial score (nSPS) is 11.1. The van der Waals surface area contributed by atoms with Crippen LogP contribution in [-0.2, 0) is 13.2 Å². The zero-order chi connectivity index (χ0) is 22.8. The van der Waals surface area contributed by atoms with Crippen LogP contribution in [0.4, 0.5) is 4.39 Å². The Balaban J connectivity index is 1.69. The first-order valence-electron chi connectivity index (χ1n) is 10.2. The van der Waals surface area contributed by atoms with E-state index in [1.54, 1.807) is 29.1 Å². The Hall–Kier alpha value is -4.42. The number of hydrogen-bond acceptors (Lipinski definition) is 7. The van der Waals surface area contributed by atoms with Gasteiger partial charge in [0.2, 0.25) is 5.71 Å². The molecule has 33 heavy (non-hydrogen) atoms. The number of pyridine rings is 1. The van der Waals surface area contributed by atoms with Gasteiger partial charge in [-0.2, -0.15) is 10.4 Å². The summed E-state index contributed by atoms with van der Waals surface area (Å²) in [7, 11) is 0. The Labute approximate surface area is 187 Å². The standard InChI is InChI=1S/C24H17FN6O2/c25-16-6-4-15(5-7-16)22-19(12-31(30-22)10-2-8-26)23-18-11-21(33-24(18)29-14-28-23)17-3-1-9-27-20(17)13-32/h1,3-7,9,11-12,14,32H,2,10,13H2. The van der Waals surface area contributed by atoms with Crippen molar-refractivity contribution in [1.82, 2.24) is 24.7 Å². The van der Waals surface area contributed by atoms with Crippen molar-refractivity contribution >= 4 is 11.1 Å². The molecular formula is C24H17FN6O2. The van der Waals surface area contributed by atoms with Gasteiger partial charge in [-0.1, -0.05) is 0 Å². The molecule has 4 heterocycles. The number of rotatable bonds is 6. The predicted molar refractivity (Wildman–Crippen MR) is 118 cm³/mol. The summed E-state index contributed by atoms with van der Waals surface area (Å²) < 4.78 is 21.2. The Morgan fingerprint density at radius 2 is 1.91 bits per heavy atom. The fraction of sp³-hybridized carbons (Fsp3) is 0.125. The van der Waals surface area contributed by atoms with Crippen LogP contribution in [0.5, 0.6) is 0 Å². The number of aryl methyl sites for hydroxylation is 1. The molecule has 0 aliphatic carbocycles. The van der Waals surface area contributed by atoms with Crippen LogP contribution in [0.25, 0.3) is 44.9 Å². The summed E-state index contributed by atoms with van der Waals surface area (Å²) in [6.45, 7) is 0.178. The maximum Gasteiger partial charge on any atom is 0.230 e. The van der Waals surface area contributed by atoms with Crippen LogP contribution in [0.3, 0.4) is 0 Å². The van der Waals surface area contributed by atoms with Crippen LogP contribution in [0.1, 0.15) is 12.1 Å². The van der Waals surface area contributed by atoms with Gasteiger partial charge < -0.3 is 9.52 Å². The highest BCUT2D eigenvalue weighted by Crippen LogP contribution is 2.37. The summed E-state index contributed by atoms with van der Waals surface area (Å²) in [5.74, 6) is 0.161. The number of benzene rings is 1. The molecule has 0 amide bonds. The van der Waals surface area contributed by atoms with Crippen molar-refractivity contribution in [2.75, 3.05) is 0 Å². The van der Waals surface area contributed by atoms with Crippen LogP contribution in [-0.4, -0.2) is 29.8 Å². The van der Waals surface area contributed by atoms with Crippen LogP contribution in [0.2, 0.25) is 0 Å². The minimum atomic E-state index is -0.343. The Morgan fingerprint density at radius 1 is 1.06 bits per heavy atom. The van der Waals surface area contributed by atoms with Gasteiger partial charge in [-0.15, -0.1) is 0 Å². The molecule has 0 spiro atoms. The molecule has 4 aromatic heterocycles. The molecule has 8 nitrogen and oxygen atoms in total. The summed E-state index contributed by atoms with van der Waals surface area (Å²) >= 11 is 0. The molecule has 0 atom stereocenters. The van der Waals surface area contributed by atoms with Crippen LogP contribution in [0.15, 0.2) is 65.6 Å². The number of aromatic nitrogens is 5. The summed E-state index contributed by atoms with van der Waals surface area (Å²) in [6, 6.07) is 13.5. The predicted octanol–water partition coefficient (Wildman–Crippen LogP) is 4.36. The van der Waals surface area contributed by atoms with Crippen LogP contribution < -0.4 is 0 Å². The lowest BCUT2D eigenvalue weighted by Crippen LogP contribution is -1.97. The summed E-state index contributed by atoms with van der Waals surface area (Å²) in [6.07, 6.45) is 5.12. The highest BCUT2D eigenvalue weighted by Gasteiger charge is 2.20. The SMILES string of the molecule is N#CCCn1cc(-c2ncnc3oc(-c4cccnc4CO)cc23)c(-c2ccc(F)cc2)n1. The maximum atomic E-state index is 13.5. The monoisotopic (exact) mass is 440 g/mol. The number of aliphatic hydroxyl groups excluding tert-OH is 1. The van der Waals surface area contributed by atoms with Gasteiger partial charge >= 0.3 is 0 Å². The van der Waals surface area contributed by atoms with Crippen molar-refractivity contribution in [3.8, 4) is 39.9 Å². The van der Waals surface area contributed by atoms with Crippen molar-refractivity contribution < 1.29 is 13.9 Å². The zero-order valence-corrected chi connectivity index (χ0v) is 17.3. The second-order valence-electron chi connectivity index (χ2n) is 7.28. The average Bonchev–Trinajstić information content (AvgIpc) is 3.47. The fourth-order valence-electron chi connectivity index (χ4n) is 3.69. The molecule has 0 saturated carbocycles. The molecule has 0 radical (unpaired) electrons. The van der Waals surface area contributed by atoms with Gasteiger partial charge in [-0.05, 0) is 42.5 Å². The third-order valence-corrected chi connectivity index (χ3v) is 5.22. The van der Waals surface area contributed by atoms with Crippen molar-refractivity contribution in [2.45, 2.75) is 19.6 Å². The highest BCUT2D eigenvalue weighted by atomic mass is 19.1. The number of furan rings is 1. The van der Waals surface area contributed by atoms with Crippen molar-refractivity contribution in [3.05, 3.63) is 72.7 Å². The molecule has 9 heteroatoms. The van der Waals surface area contributed by atoms with Gasteiger partial charge in [0.05, 0.1) is 42.4 Å². The van der Waals surface area contributed by atoms with E-state index in [9.17, 15) is 9.50 Å². The van der Waals surface area contributed by atoms with Gasteiger partial charge in [0, 0.05) is 29.1 Å². The molecule has 0 unspecified atom stereocenters. The second-order valence-corrected chi connectivity index (χ2v) is 7.28. The van der Waals surface area contributed by atoms with Gasteiger partial charge in [-0.3, -0.25) is 9.67 Å². The Morgan fingerprint density at radius 3 is 2.70 bits per heavy atom. The second kappa shape index (κ2) is 8.61. The molecule has 1 aromatic carbocycles. The molecule has 0 aliphatic rings. The molecule has 0 fully saturated rings. The van der Waals surface area contributed by atoms with Gasteiger partial charge in [0.1, 0.15) is 23.6 Å². The van der Waals surface area contributed by atoms with Crippen molar-refractivity contribution in [2.24, 2.45) is 0 Å². The first-order valence-corrected chi connectivity index (χ1v) is 10.2. The summed E-state index contributed by atoms with van der Waals surface area (Å²) in [5.41, 5.74) is 4.13. The highest BCUT2D eigenvalue weighted by molar-refractivity contribution is 5.96. The van der Waals surface area contributed by atoms with Gasteiger partial charge in [0.15, 0.2) is 0 Å². The lowest BCUT2D eigenvalue weighted by atomic mass is 10.0. The quantitative estimate of drug-likeness (QED) is 0.417. The summed E-state index contributed by atoms with van der Waals surface area (Å²) in [4.78, 5) is 13.0. The van der Waals surface area contributed by atoms with E-state index in [0.717, 1.165) is 0 Å². The third kappa shape index (κ3) is 3.84. The van der Waals surface area contributed by atoms with Crippen LogP contribution in [0, 0.1) is 17.1 Å². The molecule has 0 aliphatic heterocycles. The lowest BCUT2D eigenvalue weighted by Gasteiger charge is -2.03. The van der Waals surface area contributed by atoms with E-state index in [1.165, 1.54) is 18.5 Å². The maximum absolute atomic E-state index is 13.5. The number of nitrogens with zero attached hydrogens (tertiary/aromatic N) is 6. The first kappa shape index (κ1) is 20.5. The van der Waals surface area contributed by atoms with E-state index in [-0.39, 0.29) is 12.4 Å². The molecule has 0 bridgehead atoms. The lowest BCUT2D eigenvalue weighted by molar-refractivity contribution is 0.277. The van der Waals surface area contributed by atoms with E-state index in [1.807, 2.05) is 18.3 Å². The first-order chi connectivity index (χ1) is 16.2. The van der Waals surface area contributed by atoms with Crippen molar-refractivity contribution in [3.63, 3.8) is 0 Å². The number of fused-ring (bicyclic) bond motifs is 1. The molecule has 5 rings (SSSR count). The number of hydrogen-bond donors (Lipinski definition) is 1. The molecule has 1 N–H and O–H groups in total. The minimum absolute atomic E-state index is 0.230. The number of aliphatic hydroxyl groups is 1. The fourth-order valence-corrected chi connectivity index (χ4v) is 3.69. The van der Waals surface area contributed by atoms with E-state index in [2.05, 4.69) is 26.1 Å². The largest absolute Gasteiger partial charge is 0.438 e. The van der Waals surface area contributed by atoms with Crippen LogP contribution >= 0.6 is 0 Å².